The molecule has 8 heteroatoms. The fourth-order valence-electron chi connectivity index (χ4n) is 1.43. The van der Waals surface area contributed by atoms with Gasteiger partial charge in [0.15, 0.2) is 5.92 Å². The lowest BCUT2D eigenvalue weighted by Crippen LogP contribution is -2.43. The minimum Gasteiger partial charge on any atom is -0.497 e. The maximum Gasteiger partial charge on any atom is 0.413 e. The predicted octanol–water partition coefficient (Wildman–Crippen LogP) is 0.635. The number of ether oxygens (including phenoxy) is 1. The Morgan fingerprint density at radius 1 is 1.38 bits per heavy atom. The molecule has 0 fully saturated rings. The molecule has 1 unspecified atom stereocenters. The number of amidine groups is 1. The molecule has 0 aliphatic heterocycles. The number of aliphatic imine (C=N–C) groups is 1. The van der Waals surface area contributed by atoms with Crippen LogP contribution < -0.4 is 10.5 Å². The summed E-state index contributed by atoms with van der Waals surface area (Å²) in [5.41, 5.74) is 6.03. The molecule has 1 rings (SSSR count). The number of nitrogens with zero attached hydrogens (tertiary/aromatic N) is 2. The summed E-state index contributed by atoms with van der Waals surface area (Å²) < 4.78 is 4.98. The molecule has 112 valence electrons. The van der Waals surface area contributed by atoms with Crippen LogP contribution in [0.3, 0.4) is 0 Å². The van der Waals surface area contributed by atoms with Gasteiger partial charge in [0, 0.05) is 7.05 Å². The van der Waals surface area contributed by atoms with Crippen molar-refractivity contribution in [2.24, 2.45) is 16.6 Å². The first kappa shape index (κ1) is 16.2. The Kier molecular flexibility index (Phi) is 5.41. The van der Waals surface area contributed by atoms with Gasteiger partial charge in [-0.3, -0.25) is 4.79 Å². The Balaban J connectivity index is 2.98. The number of nitrogens with two attached hydrogens (primary N) is 1. The molecule has 0 spiro atoms. The highest BCUT2D eigenvalue weighted by molar-refractivity contribution is 6.16. The fourth-order valence-corrected chi connectivity index (χ4v) is 1.43. The average molecular weight is 293 g/mol. The zero-order valence-electron chi connectivity index (χ0n) is 11.5. The second-order valence-electron chi connectivity index (χ2n) is 4.03. The number of benzene rings is 1. The summed E-state index contributed by atoms with van der Waals surface area (Å²) >= 11 is 0. The van der Waals surface area contributed by atoms with Gasteiger partial charge >= 0.3 is 6.09 Å². The van der Waals surface area contributed by atoms with Crippen LogP contribution in [0.15, 0.2) is 29.3 Å². The Labute approximate surface area is 120 Å². The quantitative estimate of drug-likeness (QED) is 0.355. The summed E-state index contributed by atoms with van der Waals surface area (Å²) in [4.78, 5) is 37.8. The minimum absolute atomic E-state index is 0.254. The van der Waals surface area contributed by atoms with E-state index in [4.69, 9.17) is 15.6 Å². The van der Waals surface area contributed by atoms with Gasteiger partial charge in [-0.2, -0.15) is 0 Å². The van der Waals surface area contributed by atoms with Crippen LogP contribution in [0.2, 0.25) is 0 Å². The molecule has 0 radical (unpaired) electrons. The second kappa shape index (κ2) is 7.04. The lowest BCUT2D eigenvalue weighted by atomic mass is 10.1. The molecule has 1 aromatic rings. The summed E-state index contributed by atoms with van der Waals surface area (Å²) in [6.07, 6.45) is -1.23. The van der Waals surface area contributed by atoms with Crippen molar-refractivity contribution in [3.63, 3.8) is 0 Å². The maximum absolute atomic E-state index is 11.8. The van der Waals surface area contributed by atoms with Crippen LogP contribution in [-0.2, 0) is 9.59 Å². The lowest BCUT2D eigenvalue weighted by Gasteiger charge is -2.15. The van der Waals surface area contributed by atoms with Gasteiger partial charge in [0.2, 0.25) is 5.91 Å². The molecule has 1 aromatic carbocycles. The second-order valence-corrected chi connectivity index (χ2v) is 4.03. The van der Waals surface area contributed by atoms with Crippen LogP contribution in [0.5, 0.6) is 5.75 Å². The molecule has 0 saturated heterocycles. The molecular weight excluding hydrogens is 278 g/mol. The van der Waals surface area contributed by atoms with Crippen molar-refractivity contribution in [1.29, 1.82) is 0 Å². The van der Waals surface area contributed by atoms with Crippen LogP contribution in [-0.4, -0.2) is 48.3 Å². The van der Waals surface area contributed by atoms with Gasteiger partial charge < -0.3 is 20.4 Å². The Morgan fingerprint density at radius 2 is 1.95 bits per heavy atom. The van der Waals surface area contributed by atoms with Gasteiger partial charge in [-0.05, 0) is 24.3 Å². The average Bonchev–Trinajstić information content (AvgIpc) is 2.47. The van der Waals surface area contributed by atoms with Crippen LogP contribution >= 0.6 is 0 Å². The smallest absolute Gasteiger partial charge is 0.413 e. The van der Waals surface area contributed by atoms with E-state index in [9.17, 15) is 14.4 Å². The molecular formula is C13H15N3O5. The van der Waals surface area contributed by atoms with Gasteiger partial charge in [0.25, 0.3) is 0 Å². The molecule has 1 atom stereocenters. The van der Waals surface area contributed by atoms with Crippen LogP contribution in [0.1, 0.15) is 0 Å². The van der Waals surface area contributed by atoms with E-state index in [2.05, 4.69) is 4.99 Å². The largest absolute Gasteiger partial charge is 0.497 e. The highest BCUT2D eigenvalue weighted by Gasteiger charge is 2.28. The number of methoxy groups -OCH3 is 1. The van der Waals surface area contributed by atoms with Gasteiger partial charge in [-0.25, -0.2) is 14.7 Å². The maximum atomic E-state index is 11.8. The number of carbonyl (C=O) groups is 3. The summed E-state index contributed by atoms with van der Waals surface area (Å²) in [5.74, 6) is -2.09. The highest BCUT2D eigenvalue weighted by atomic mass is 16.5. The van der Waals surface area contributed by atoms with Crippen molar-refractivity contribution in [2.75, 3.05) is 14.2 Å². The molecule has 0 aromatic heterocycles. The van der Waals surface area contributed by atoms with E-state index in [0.29, 0.717) is 16.3 Å². The Morgan fingerprint density at radius 3 is 2.38 bits per heavy atom. The Hall–Kier alpha value is -2.90. The minimum atomic E-state index is -1.48. The number of carboxylic acid groups (broad SMARTS) is 1. The number of amides is 2. The number of aldehydes is 1. The lowest BCUT2D eigenvalue weighted by molar-refractivity contribution is -0.132. The van der Waals surface area contributed by atoms with E-state index in [1.54, 1.807) is 24.3 Å². The van der Waals surface area contributed by atoms with E-state index < -0.39 is 17.9 Å². The number of hydrogen-bond donors (Lipinski definition) is 2. The molecule has 0 heterocycles. The zero-order chi connectivity index (χ0) is 16.0. The van der Waals surface area contributed by atoms with Crippen LogP contribution in [0.4, 0.5) is 10.5 Å². The molecule has 0 bridgehead atoms. The molecule has 2 amide bonds. The number of hydrogen-bond acceptors (Lipinski definition) is 5. The molecule has 3 N–H and O–H groups in total. The third-order valence-electron chi connectivity index (χ3n) is 2.67. The van der Waals surface area contributed by atoms with Crippen molar-refractivity contribution in [1.82, 2.24) is 4.90 Å². The first-order chi connectivity index (χ1) is 9.90. The van der Waals surface area contributed by atoms with E-state index in [1.807, 2.05) is 0 Å². The van der Waals surface area contributed by atoms with Crippen LogP contribution in [0, 0.1) is 5.92 Å². The third-order valence-corrected chi connectivity index (χ3v) is 2.67. The highest BCUT2D eigenvalue weighted by Crippen LogP contribution is 2.18. The van der Waals surface area contributed by atoms with Gasteiger partial charge in [0.05, 0.1) is 12.8 Å². The summed E-state index contributed by atoms with van der Waals surface area (Å²) in [5, 5.41) is 8.72. The predicted molar refractivity (Wildman–Crippen MR) is 74.6 cm³/mol. The van der Waals surface area contributed by atoms with E-state index in [1.165, 1.54) is 7.11 Å². The van der Waals surface area contributed by atoms with Crippen molar-refractivity contribution in [2.45, 2.75) is 0 Å². The third kappa shape index (κ3) is 4.03. The summed E-state index contributed by atoms with van der Waals surface area (Å²) in [7, 11) is 2.54. The van der Waals surface area contributed by atoms with Gasteiger partial charge in [0.1, 0.15) is 17.9 Å². The molecule has 0 aliphatic rings. The van der Waals surface area contributed by atoms with Gasteiger partial charge in [-0.15, -0.1) is 0 Å². The van der Waals surface area contributed by atoms with E-state index in [-0.39, 0.29) is 12.1 Å². The van der Waals surface area contributed by atoms with Crippen LogP contribution in [0.25, 0.3) is 0 Å². The molecule has 8 nitrogen and oxygen atoms in total. The summed E-state index contributed by atoms with van der Waals surface area (Å²) in [6, 6.07) is 6.43. The fraction of sp³-hybridized carbons (Fsp3) is 0.231. The van der Waals surface area contributed by atoms with Crippen molar-refractivity contribution < 1.29 is 24.2 Å². The standard InChI is InChI=1S/C13H15N3O5/c1-16(13(19)20)12(18)10(7-17)11(14)15-8-3-5-9(21-2)6-4-8/h3-7,10H,1-2H3,(H2,14,15)(H,19,20). The first-order valence-corrected chi connectivity index (χ1v) is 5.84. The molecule has 0 saturated carbocycles. The normalized spacial score (nSPS) is 12.4. The first-order valence-electron chi connectivity index (χ1n) is 5.84. The van der Waals surface area contributed by atoms with Crippen molar-refractivity contribution >= 4 is 29.8 Å². The number of carbonyl (C=O) groups excluding carboxylic acids is 2. The molecule has 21 heavy (non-hydrogen) atoms. The monoisotopic (exact) mass is 293 g/mol. The Bertz CT molecular complexity index is 568. The van der Waals surface area contributed by atoms with Crippen molar-refractivity contribution in [3.8, 4) is 5.75 Å². The zero-order valence-corrected chi connectivity index (χ0v) is 11.5. The summed E-state index contributed by atoms with van der Waals surface area (Å²) in [6.45, 7) is 0. The topological polar surface area (TPSA) is 122 Å². The van der Waals surface area contributed by atoms with Crippen molar-refractivity contribution in [3.05, 3.63) is 24.3 Å². The SMILES string of the molecule is COc1ccc(N=C(N)C(C=O)C(=O)N(C)C(=O)O)cc1. The number of rotatable bonds is 5. The van der Waals surface area contributed by atoms with E-state index in [0.717, 1.165) is 7.05 Å². The van der Waals surface area contributed by atoms with Gasteiger partial charge in [-0.1, -0.05) is 0 Å². The van der Waals surface area contributed by atoms with E-state index >= 15 is 0 Å². The number of imide groups is 1. The molecule has 0 aliphatic carbocycles.